The molecule has 0 aliphatic carbocycles. The molecule has 2 rings (SSSR count). The molecule has 2 aromatic carbocycles. The Labute approximate surface area is 129 Å². The van der Waals surface area contributed by atoms with Gasteiger partial charge in [0.05, 0.1) is 23.0 Å². The summed E-state index contributed by atoms with van der Waals surface area (Å²) in [5.41, 5.74) is -1.24. The third kappa shape index (κ3) is 3.40. The number of hydrogen-bond acceptors (Lipinski definition) is 7. The van der Waals surface area contributed by atoms with Gasteiger partial charge in [0.1, 0.15) is 11.3 Å². The van der Waals surface area contributed by atoms with Crippen LogP contribution in [0.2, 0.25) is 0 Å². The number of nitro groups is 2. The maximum absolute atomic E-state index is 12.1. The van der Waals surface area contributed by atoms with E-state index in [4.69, 9.17) is 9.47 Å². The second kappa shape index (κ2) is 6.52. The molecule has 0 bridgehead atoms. The molecule has 9 heteroatoms. The SMILES string of the molecule is COc1ccc(OC(=O)c2ccccc2[N+](=O)[O-])c([N+](=O)[O-])c1. The van der Waals surface area contributed by atoms with Crippen LogP contribution in [-0.2, 0) is 0 Å². The van der Waals surface area contributed by atoms with Gasteiger partial charge in [0, 0.05) is 6.07 Å². The Hall–Kier alpha value is -3.49. The molecular weight excluding hydrogens is 308 g/mol. The van der Waals surface area contributed by atoms with Crippen LogP contribution in [0.1, 0.15) is 10.4 Å². The monoisotopic (exact) mass is 318 g/mol. The molecule has 0 N–H and O–H groups in total. The van der Waals surface area contributed by atoms with E-state index in [2.05, 4.69) is 0 Å². The minimum Gasteiger partial charge on any atom is -0.496 e. The number of rotatable bonds is 5. The van der Waals surface area contributed by atoms with E-state index >= 15 is 0 Å². The summed E-state index contributed by atoms with van der Waals surface area (Å²) >= 11 is 0. The van der Waals surface area contributed by atoms with Crippen LogP contribution in [0, 0.1) is 20.2 Å². The molecule has 23 heavy (non-hydrogen) atoms. The molecule has 9 nitrogen and oxygen atoms in total. The smallest absolute Gasteiger partial charge is 0.350 e. The van der Waals surface area contributed by atoms with E-state index in [-0.39, 0.29) is 17.1 Å². The largest absolute Gasteiger partial charge is 0.496 e. The molecule has 118 valence electrons. The first kappa shape index (κ1) is 15.9. The lowest BCUT2D eigenvalue weighted by Crippen LogP contribution is -2.12. The quantitative estimate of drug-likeness (QED) is 0.359. The standard InChI is InChI=1S/C14H10N2O7/c1-22-9-6-7-13(12(8-9)16(20)21)23-14(17)10-4-2-3-5-11(10)15(18)19/h2-8H,1H3. The fraction of sp³-hybridized carbons (Fsp3) is 0.0714. The summed E-state index contributed by atoms with van der Waals surface area (Å²) in [6, 6.07) is 8.80. The molecule has 0 unspecified atom stereocenters. The fourth-order valence-electron chi connectivity index (χ4n) is 1.81. The van der Waals surface area contributed by atoms with Crippen LogP contribution in [0.4, 0.5) is 11.4 Å². The average molecular weight is 318 g/mol. The highest BCUT2D eigenvalue weighted by Crippen LogP contribution is 2.32. The first-order valence-electron chi connectivity index (χ1n) is 6.22. The fourth-order valence-corrected chi connectivity index (χ4v) is 1.81. The predicted octanol–water partition coefficient (Wildman–Crippen LogP) is 2.73. The van der Waals surface area contributed by atoms with Crippen molar-refractivity contribution in [3.8, 4) is 11.5 Å². The number of carbonyl (C=O) groups is 1. The predicted molar refractivity (Wildman–Crippen MR) is 77.7 cm³/mol. The Morgan fingerprint density at radius 1 is 1.00 bits per heavy atom. The Morgan fingerprint density at radius 3 is 2.26 bits per heavy atom. The number of methoxy groups -OCH3 is 1. The van der Waals surface area contributed by atoms with Gasteiger partial charge in [0.25, 0.3) is 5.69 Å². The molecule has 0 amide bonds. The van der Waals surface area contributed by atoms with E-state index in [1.165, 1.54) is 37.4 Å². The van der Waals surface area contributed by atoms with E-state index in [0.717, 1.165) is 12.1 Å². The van der Waals surface area contributed by atoms with Crippen LogP contribution in [0.25, 0.3) is 0 Å². The summed E-state index contributed by atoms with van der Waals surface area (Å²) in [7, 11) is 1.33. The maximum atomic E-state index is 12.1. The van der Waals surface area contributed by atoms with Gasteiger partial charge in [-0.25, -0.2) is 4.79 Å². The molecule has 0 aliphatic rings. The van der Waals surface area contributed by atoms with Crippen molar-refractivity contribution in [1.82, 2.24) is 0 Å². The van der Waals surface area contributed by atoms with Crippen LogP contribution in [0.15, 0.2) is 42.5 Å². The summed E-state index contributed by atoms with van der Waals surface area (Å²) in [4.78, 5) is 32.5. The van der Waals surface area contributed by atoms with Crippen LogP contribution in [-0.4, -0.2) is 22.9 Å². The Balaban J connectivity index is 2.38. The molecule has 0 aromatic heterocycles. The number of carbonyl (C=O) groups excluding carboxylic acids is 1. The summed E-state index contributed by atoms with van der Waals surface area (Å²) in [5.74, 6) is -1.19. The Kier molecular flexibility index (Phi) is 4.50. The van der Waals surface area contributed by atoms with Gasteiger partial charge in [-0.05, 0) is 18.2 Å². The maximum Gasteiger partial charge on any atom is 0.350 e. The van der Waals surface area contributed by atoms with Gasteiger partial charge < -0.3 is 9.47 Å². The second-order valence-corrected chi connectivity index (χ2v) is 4.25. The lowest BCUT2D eigenvalue weighted by Gasteiger charge is -2.07. The van der Waals surface area contributed by atoms with E-state index in [9.17, 15) is 25.0 Å². The van der Waals surface area contributed by atoms with Crippen molar-refractivity contribution < 1.29 is 24.1 Å². The number of benzene rings is 2. The second-order valence-electron chi connectivity index (χ2n) is 4.25. The molecule has 0 radical (unpaired) electrons. The van der Waals surface area contributed by atoms with Crippen molar-refractivity contribution in [2.24, 2.45) is 0 Å². The Morgan fingerprint density at radius 2 is 1.65 bits per heavy atom. The zero-order valence-electron chi connectivity index (χ0n) is 11.8. The number of nitro benzene ring substituents is 2. The number of nitrogens with zero attached hydrogens (tertiary/aromatic N) is 2. The van der Waals surface area contributed by atoms with Crippen LogP contribution in [0.3, 0.4) is 0 Å². The van der Waals surface area contributed by atoms with Crippen molar-refractivity contribution in [3.05, 3.63) is 68.3 Å². The highest BCUT2D eigenvalue weighted by Gasteiger charge is 2.24. The molecular formula is C14H10N2O7. The van der Waals surface area contributed by atoms with Crippen LogP contribution < -0.4 is 9.47 Å². The van der Waals surface area contributed by atoms with Gasteiger partial charge in [-0.3, -0.25) is 20.2 Å². The van der Waals surface area contributed by atoms with Crippen molar-refractivity contribution in [1.29, 1.82) is 0 Å². The van der Waals surface area contributed by atoms with Crippen molar-refractivity contribution >= 4 is 17.3 Å². The zero-order valence-corrected chi connectivity index (χ0v) is 11.8. The highest BCUT2D eigenvalue weighted by molar-refractivity contribution is 5.95. The lowest BCUT2D eigenvalue weighted by molar-refractivity contribution is -0.386. The van der Waals surface area contributed by atoms with Gasteiger partial charge in [0.2, 0.25) is 5.75 Å². The molecule has 0 saturated carbocycles. The first-order valence-corrected chi connectivity index (χ1v) is 6.22. The van der Waals surface area contributed by atoms with Gasteiger partial charge in [-0.2, -0.15) is 0 Å². The van der Waals surface area contributed by atoms with Crippen LogP contribution in [0.5, 0.6) is 11.5 Å². The molecule has 0 fully saturated rings. The third-order valence-corrected chi connectivity index (χ3v) is 2.89. The molecule has 0 atom stereocenters. The molecule has 0 aliphatic heterocycles. The van der Waals surface area contributed by atoms with E-state index in [0.29, 0.717) is 0 Å². The van der Waals surface area contributed by atoms with E-state index < -0.39 is 27.2 Å². The van der Waals surface area contributed by atoms with Crippen molar-refractivity contribution in [3.63, 3.8) is 0 Å². The molecule has 2 aromatic rings. The van der Waals surface area contributed by atoms with Gasteiger partial charge in [-0.1, -0.05) is 12.1 Å². The number of esters is 1. The minimum absolute atomic E-state index is 0.210. The topological polar surface area (TPSA) is 122 Å². The Bertz CT molecular complexity index is 788. The first-order chi connectivity index (χ1) is 10.9. The summed E-state index contributed by atoms with van der Waals surface area (Å²) < 4.78 is 9.81. The van der Waals surface area contributed by atoms with Crippen molar-refractivity contribution in [2.45, 2.75) is 0 Å². The average Bonchev–Trinajstić information content (AvgIpc) is 2.54. The summed E-state index contributed by atoms with van der Waals surface area (Å²) in [6.45, 7) is 0. The number of para-hydroxylation sites is 1. The van der Waals surface area contributed by atoms with Gasteiger partial charge >= 0.3 is 11.7 Å². The van der Waals surface area contributed by atoms with E-state index in [1.807, 2.05) is 0 Å². The highest BCUT2D eigenvalue weighted by atomic mass is 16.6. The van der Waals surface area contributed by atoms with Gasteiger partial charge in [-0.15, -0.1) is 0 Å². The summed E-state index contributed by atoms with van der Waals surface area (Å²) in [5, 5.41) is 21.9. The molecule has 0 saturated heterocycles. The number of ether oxygens (including phenoxy) is 2. The minimum atomic E-state index is -1.06. The van der Waals surface area contributed by atoms with E-state index in [1.54, 1.807) is 0 Å². The number of hydrogen-bond donors (Lipinski definition) is 0. The summed E-state index contributed by atoms with van der Waals surface area (Å²) in [6.07, 6.45) is 0. The third-order valence-electron chi connectivity index (χ3n) is 2.89. The van der Waals surface area contributed by atoms with Crippen LogP contribution >= 0.6 is 0 Å². The van der Waals surface area contributed by atoms with Gasteiger partial charge in [0.15, 0.2) is 0 Å². The zero-order chi connectivity index (χ0) is 17.0. The molecule has 0 spiro atoms. The molecule has 0 heterocycles. The normalized spacial score (nSPS) is 9.96. The van der Waals surface area contributed by atoms with Crippen molar-refractivity contribution in [2.75, 3.05) is 7.11 Å². The lowest BCUT2D eigenvalue weighted by atomic mass is 10.2.